The number of carbonyl (C=O) groups excluding carboxylic acids is 1. The number of hydrazone groups is 1. The molecule has 1 aromatic carbocycles. The first-order valence-electron chi connectivity index (χ1n) is 6.83. The Hall–Kier alpha value is -2.35. The van der Waals surface area contributed by atoms with Gasteiger partial charge in [0.15, 0.2) is 0 Å². The molecule has 1 saturated heterocycles. The largest absolute Gasteiger partial charge is 0.372 e. The molecule has 5 heteroatoms. The van der Waals surface area contributed by atoms with Crippen molar-refractivity contribution < 1.29 is 4.79 Å². The number of hydrogen-bond donors (Lipinski definition) is 1. The third-order valence-electron chi connectivity index (χ3n) is 3.26. The molecule has 2 rings (SSSR count). The summed E-state index contributed by atoms with van der Waals surface area (Å²) in [5, 5.41) is 12.2. The summed E-state index contributed by atoms with van der Waals surface area (Å²) in [5.41, 5.74) is 4.46. The average Bonchev–Trinajstić information content (AvgIpc) is 2.49. The van der Waals surface area contributed by atoms with Crippen molar-refractivity contribution in [3.05, 3.63) is 29.8 Å². The van der Waals surface area contributed by atoms with E-state index in [4.69, 9.17) is 5.26 Å². The lowest BCUT2D eigenvalue weighted by molar-refractivity contribution is -0.120. The lowest BCUT2D eigenvalue weighted by Gasteiger charge is -2.28. The first kappa shape index (κ1) is 14.1. The zero-order valence-corrected chi connectivity index (χ0v) is 11.4. The van der Waals surface area contributed by atoms with E-state index in [9.17, 15) is 4.79 Å². The van der Waals surface area contributed by atoms with Gasteiger partial charge in [-0.15, -0.1) is 0 Å². The van der Waals surface area contributed by atoms with Crippen LogP contribution in [0.25, 0.3) is 0 Å². The van der Waals surface area contributed by atoms with Crippen LogP contribution < -0.4 is 10.3 Å². The number of hydrogen-bond acceptors (Lipinski definition) is 4. The molecule has 5 nitrogen and oxygen atoms in total. The second-order valence-corrected chi connectivity index (χ2v) is 4.77. The second-order valence-electron chi connectivity index (χ2n) is 4.77. The molecule has 0 aromatic heterocycles. The fourth-order valence-electron chi connectivity index (χ4n) is 2.21. The van der Waals surface area contributed by atoms with E-state index in [1.54, 1.807) is 12.3 Å². The third kappa shape index (κ3) is 4.09. The van der Waals surface area contributed by atoms with Gasteiger partial charge in [0.2, 0.25) is 0 Å². The van der Waals surface area contributed by atoms with E-state index in [1.807, 2.05) is 12.1 Å². The van der Waals surface area contributed by atoms with Crippen molar-refractivity contribution in [1.82, 2.24) is 5.43 Å². The molecule has 1 N–H and O–H groups in total. The van der Waals surface area contributed by atoms with E-state index in [2.05, 4.69) is 27.6 Å². The fraction of sp³-hybridized carbons (Fsp3) is 0.400. The van der Waals surface area contributed by atoms with Gasteiger partial charge < -0.3 is 4.90 Å². The van der Waals surface area contributed by atoms with Crippen LogP contribution in [0.15, 0.2) is 29.4 Å². The predicted octanol–water partition coefficient (Wildman–Crippen LogP) is 2.04. The quantitative estimate of drug-likeness (QED) is 0.672. The molecule has 0 atom stereocenters. The van der Waals surface area contributed by atoms with E-state index in [0.717, 1.165) is 18.7 Å². The van der Waals surface area contributed by atoms with Crippen molar-refractivity contribution in [3.8, 4) is 6.07 Å². The maximum absolute atomic E-state index is 11.0. The van der Waals surface area contributed by atoms with Crippen LogP contribution in [-0.2, 0) is 4.79 Å². The summed E-state index contributed by atoms with van der Waals surface area (Å²) in [7, 11) is 0. The standard InChI is InChI=1S/C15H18N4O/c16-9-8-15(20)18-17-12-13-4-6-14(7-5-13)19-10-2-1-3-11-19/h4-7,12H,1-3,8,10-11H2,(H,18,20)/b17-12+. The summed E-state index contributed by atoms with van der Waals surface area (Å²) in [6.45, 7) is 2.25. The summed E-state index contributed by atoms with van der Waals surface area (Å²) in [6, 6.07) is 9.87. The highest BCUT2D eigenvalue weighted by atomic mass is 16.2. The molecule has 0 radical (unpaired) electrons. The average molecular weight is 270 g/mol. The van der Waals surface area contributed by atoms with Gasteiger partial charge in [0.1, 0.15) is 6.42 Å². The highest BCUT2D eigenvalue weighted by Crippen LogP contribution is 2.19. The number of nitrogens with zero attached hydrogens (tertiary/aromatic N) is 3. The Morgan fingerprint density at radius 3 is 2.65 bits per heavy atom. The lowest BCUT2D eigenvalue weighted by atomic mass is 10.1. The van der Waals surface area contributed by atoms with Crippen LogP contribution in [0, 0.1) is 11.3 Å². The Morgan fingerprint density at radius 2 is 2.00 bits per heavy atom. The first-order valence-corrected chi connectivity index (χ1v) is 6.83. The van der Waals surface area contributed by atoms with Gasteiger partial charge in [-0.3, -0.25) is 4.79 Å². The topological polar surface area (TPSA) is 68.5 Å². The zero-order valence-electron chi connectivity index (χ0n) is 11.4. The van der Waals surface area contributed by atoms with Crippen LogP contribution in [0.2, 0.25) is 0 Å². The number of nitrogens with one attached hydrogen (secondary N) is 1. The van der Waals surface area contributed by atoms with Gasteiger partial charge in [-0.05, 0) is 37.0 Å². The molecule has 1 fully saturated rings. The number of rotatable bonds is 4. The van der Waals surface area contributed by atoms with E-state index < -0.39 is 5.91 Å². The zero-order chi connectivity index (χ0) is 14.2. The van der Waals surface area contributed by atoms with E-state index in [1.165, 1.54) is 24.9 Å². The predicted molar refractivity (Wildman–Crippen MR) is 78.5 cm³/mol. The number of benzene rings is 1. The van der Waals surface area contributed by atoms with Crippen LogP contribution >= 0.6 is 0 Å². The Balaban J connectivity index is 1.89. The number of nitriles is 1. The Bertz CT molecular complexity index is 510. The van der Waals surface area contributed by atoms with Crippen LogP contribution in [0.1, 0.15) is 31.2 Å². The molecule has 1 aliphatic rings. The molecule has 0 aliphatic carbocycles. The van der Waals surface area contributed by atoms with Crippen LogP contribution in [-0.4, -0.2) is 25.2 Å². The van der Waals surface area contributed by atoms with Gasteiger partial charge >= 0.3 is 0 Å². The smallest absolute Gasteiger partial charge is 0.254 e. The van der Waals surface area contributed by atoms with E-state index in [-0.39, 0.29) is 6.42 Å². The van der Waals surface area contributed by atoms with Gasteiger partial charge in [0.05, 0.1) is 12.3 Å². The van der Waals surface area contributed by atoms with Crippen molar-refractivity contribution in [2.45, 2.75) is 25.7 Å². The highest BCUT2D eigenvalue weighted by Gasteiger charge is 2.10. The third-order valence-corrected chi connectivity index (χ3v) is 3.26. The number of amides is 1. The Labute approximate surface area is 118 Å². The van der Waals surface area contributed by atoms with E-state index >= 15 is 0 Å². The van der Waals surface area contributed by atoms with Gasteiger partial charge in [0.25, 0.3) is 5.91 Å². The number of carbonyl (C=O) groups is 1. The Kier molecular flexibility index (Phi) is 5.13. The van der Waals surface area contributed by atoms with Crippen molar-refractivity contribution >= 4 is 17.8 Å². The second kappa shape index (κ2) is 7.29. The molecule has 20 heavy (non-hydrogen) atoms. The molecule has 0 bridgehead atoms. The maximum atomic E-state index is 11.0. The maximum Gasteiger partial charge on any atom is 0.254 e. The molecule has 1 heterocycles. The number of piperidine rings is 1. The SMILES string of the molecule is N#CCC(=O)N/N=C/c1ccc(N2CCCCC2)cc1. The highest BCUT2D eigenvalue weighted by molar-refractivity contribution is 5.83. The number of anilines is 1. The van der Waals surface area contributed by atoms with Crippen LogP contribution in [0.5, 0.6) is 0 Å². The van der Waals surface area contributed by atoms with Crippen molar-refractivity contribution in [2.75, 3.05) is 18.0 Å². The summed E-state index contributed by atoms with van der Waals surface area (Å²) in [4.78, 5) is 13.4. The molecule has 1 aliphatic heterocycles. The van der Waals surface area contributed by atoms with Crippen LogP contribution in [0.3, 0.4) is 0 Å². The molecule has 0 spiro atoms. The van der Waals surface area contributed by atoms with Crippen molar-refractivity contribution in [2.24, 2.45) is 5.10 Å². The van der Waals surface area contributed by atoms with Gasteiger partial charge in [0, 0.05) is 18.8 Å². The monoisotopic (exact) mass is 270 g/mol. The summed E-state index contributed by atoms with van der Waals surface area (Å²) in [6.07, 6.45) is 5.24. The minimum absolute atomic E-state index is 0.175. The minimum Gasteiger partial charge on any atom is -0.372 e. The minimum atomic E-state index is -0.395. The lowest BCUT2D eigenvalue weighted by Crippen LogP contribution is -2.29. The molecular weight excluding hydrogens is 252 g/mol. The Morgan fingerprint density at radius 1 is 1.30 bits per heavy atom. The summed E-state index contributed by atoms with van der Waals surface area (Å²) >= 11 is 0. The molecular formula is C15H18N4O. The van der Waals surface area contributed by atoms with Crippen molar-refractivity contribution in [3.63, 3.8) is 0 Å². The first-order chi connectivity index (χ1) is 9.79. The van der Waals surface area contributed by atoms with Gasteiger partial charge in [-0.1, -0.05) is 12.1 Å². The molecule has 0 unspecified atom stereocenters. The normalized spacial score (nSPS) is 15.1. The van der Waals surface area contributed by atoms with Crippen molar-refractivity contribution in [1.29, 1.82) is 5.26 Å². The molecule has 104 valence electrons. The molecule has 0 saturated carbocycles. The summed E-state index contributed by atoms with van der Waals surface area (Å²) in [5.74, 6) is -0.395. The van der Waals surface area contributed by atoms with Crippen LogP contribution in [0.4, 0.5) is 5.69 Å². The van der Waals surface area contributed by atoms with Gasteiger partial charge in [-0.25, -0.2) is 5.43 Å². The van der Waals surface area contributed by atoms with Gasteiger partial charge in [-0.2, -0.15) is 10.4 Å². The molecule has 1 aromatic rings. The summed E-state index contributed by atoms with van der Waals surface area (Å²) < 4.78 is 0. The fourth-order valence-corrected chi connectivity index (χ4v) is 2.21. The molecule has 1 amide bonds. The van der Waals surface area contributed by atoms with E-state index in [0.29, 0.717) is 0 Å².